The van der Waals surface area contributed by atoms with Gasteiger partial charge in [0.25, 0.3) is 0 Å². The minimum Gasteiger partial charge on any atom is -0.478 e. The number of carboxylic acids is 1. The van der Waals surface area contributed by atoms with E-state index >= 15 is 0 Å². The highest BCUT2D eigenvalue weighted by Gasteiger charge is 2.13. The topological polar surface area (TPSA) is 63.6 Å². The lowest BCUT2D eigenvalue weighted by Crippen LogP contribution is -2.10. The molecule has 0 fully saturated rings. The van der Waals surface area contributed by atoms with E-state index in [0.29, 0.717) is 6.42 Å². The number of esters is 1. The number of hydrogen-bond acceptors (Lipinski definition) is 3. The SMILES string of the molecule is CCCCCC/C=C/C=C\CCCCCCCC(=O)Oc1ccccc1C(=O)O. The van der Waals surface area contributed by atoms with Gasteiger partial charge in [-0.1, -0.05) is 81.9 Å². The van der Waals surface area contributed by atoms with Crippen molar-refractivity contribution < 1.29 is 19.4 Å². The van der Waals surface area contributed by atoms with E-state index in [-0.39, 0.29) is 17.3 Å². The van der Waals surface area contributed by atoms with E-state index in [9.17, 15) is 9.59 Å². The molecule has 0 aliphatic rings. The minimum atomic E-state index is -1.09. The fourth-order valence-corrected chi connectivity index (χ4v) is 3.01. The summed E-state index contributed by atoms with van der Waals surface area (Å²) in [4.78, 5) is 23.0. The van der Waals surface area contributed by atoms with Gasteiger partial charge in [0.1, 0.15) is 11.3 Å². The molecule has 4 heteroatoms. The minimum absolute atomic E-state index is 0.0141. The van der Waals surface area contributed by atoms with Gasteiger partial charge in [-0.25, -0.2) is 4.79 Å². The summed E-state index contributed by atoms with van der Waals surface area (Å²) in [5.41, 5.74) is 0.0141. The average molecular weight is 401 g/mol. The van der Waals surface area contributed by atoms with Crippen molar-refractivity contribution in [3.8, 4) is 5.75 Å². The van der Waals surface area contributed by atoms with E-state index in [0.717, 1.165) is 38.5 Å². The Labute approximate surface area is 175 Å². The van der Waals surface area contributed by atoms with E-state index in [4.69, 9.17) is 9.84 Å². The molecule has 4 nitrogen and oxygen atoms in total. The highest BCUT2D eigenvalue weighted by molar-refractivity contribution is 5.91. The first-order chi connectivity index (χ1) is 14.1. The van der Waals surface area contributed by atoms with Crippen LogP contribution in [-0.4, -0.2) is 17.0 Å². The van der Waals surface area contributed by atoms with E-state index in [1.807, 2.05) is 0 Å². The maximum atomic E-state index is 11.9. The number of ether oxygens (including phenoxy) is 1. The number of carbonyl (C=O) groups is 2. The van der Waals surface area contributed by atoms with Gasteiger partial charge in [0.2, 0.25) is 0 Å². The molecule has 0 bridgehead atoms. The monoisotopic (exact) mass is 400 g/mol. The fourth-order valence-electron chi connectivity index (χ4n) is 3.01. The van der Waals surface area contributed by atoms with E-state index in [2.05, 4.69) is 31.2 Å². The molecule has 1 rings (SSSR count). The maximum Gasteiger partial charge on any atom is 0.339 e. The predicted molar refractivity (Wildman–Crippen MR) is 118 cm³/mol. The molecule has 0 heterocycles. The Kier molecular flexibility index (Phi) is 14.1. The second-order valence-electron chi connectivity index (χ2n) is 7.29. The summed E-state index contributed by atoms with van der Waals surface area (Å²) in [7, 11) is 0. The molecule has 160 valence electrons. The fraction of sp³-hybridized carbons (Fsp3) is 0.520. The molecule has 29 heavy (non-hydrogen) atoms. The highest BCUT2D eigenvalue weighted by Crippen LogP contribution is 2.19. The van der Waals surface area contributed by atoms with Gasteiger partial charge in [0.15, 0.2) is 0 Å². The number of para-hydroxylation sites is 1. The van der Waals surface area contributed by atoms with Crippen molar-refractivity contribution >= 4 is 11.9 Å². The molecule has 0 atom stereocenters. The average Bonchev–Trinajstić information content (AvgIpc) is 2.71. The van der Waals surface area contributed by atoms with Crippen molar-refractivity contribution in [3.05, 3.63) is 54.1 Å². The van der Waals surface area contributed by atoms with E-state index in [1.165, 1.54) is 44.2 Å². The summed E-state index contributed by atoms with van der Waals surface area (Å²) in [6, 6.07) is 6.22. The molecule has 0 spiro atoms. The van der Waals surface area contributed by atoms with Gasteiger partial charge in [-0.2, -0.15) is 0 Å². The zero-order valence-corrected chi connectivity index (χ0v) is 17.8. The maximum absolute atomic E-state index is 11.9. The van der Waals surface area contributed by atoms with Gasteiger partial charge in [0, 0.05) is 6.42 Å². The Morgan fingerprint density at radius 3 is 2.10 bits per heavy atom. The second-order valence-corrected chi connectivity index (χ2v) is 7.29. The Hall–Kier alpha value is -2.36. The first-order valence-corrected chi connectivity index (χ1v) is 11.0. The molecule has 0 saturated carbocycles. The lowest BCUT2D eigenvalue weighted by atomic mass is 10.1. The van der Waals surface area contributed by atoms with Crippen LogP contribution in [0.15, 0.2) is 48.6 Å². The Bertz CT molecular complexity index is 646. The van der Waals surface area contributed by atoms with Crippen LogP contribution in [0.2, 0.25) is 0 Å². The van der Waals surface area contributed by atoms with Crippen LogP contribution >= 0.6 is 0 Å². The molecular weight excluding hydrogens is 364 g/mol. The third-order valence-electron chi connectivity index (χ3n) is 4.70. The Morgan fingerprint density at radius 1 is 0.862 bits per heavy atom. The smallest absolute Gasteiger partial charge is 0.339 e. The van der Waals surface area contributed by atoms with Gasteiger partial charge in [-0.05, 0) is 44.2 Å². The molecule has 0 aromatic heterocycles. The summed E-state index contributed by atoms with van der Waals surface area (Å²) in [6.07, 6.45) is 21.8. The van der Waals surface area contributed by atoms with Crippen LogP contribution in [0.3, 0.4) is 0 Å². The molecular formula is C25H36O4. The van der Waals surface area contributed by atoms with E-state index in [1.54, 1.807) is 12.1 Å². The third kappa shape index (κ3) is 12.7. The summed E-state index contributed by atoms with van der Waals surface area (Å²) in [5.74, 6) is -1.35. The largest absolute Gasteiger partial charge is 0.478 e. The first-order valence-electron chi connectivity index (χ1n) is 11.0. The number of benzene rings is 1. The summed E-state index contributed by atoms with van der Waals surface area (Å²) >= 11 is 0. The summed E-state index contributed by atoms with van der Waals surface area (Å²) in [6.45, 7) is 2.23. The molecule has 0 saturated heterocycles. The number of hydrogen-bond donors (Lipinski definition) is 1. The number of rotatable bonds is 16. The zero-order chi connectivity index (χ0) is 21.2. The standard InChI is InChI=1S/C25H36O4/c1-2-3-4-5-6-7-8-9-10-11-12-13-14-15-16-21-24(26)29-23-20-18-17-19-22(23)25(27)28/h7-10,17-20H,2-6,11-16,21H2,1H3,(H,27,28)/b8-7+,10-9-. The van der Waals surface area contributed by atoms with Crippen LogP contribution in [0.4, 0.5) is 0 Å². The van der Waals surface area contributed by atoms with Gasteiger partial charge >= 0.3 is 11.9 Å². The van der Waals surface area contributed by atoms with Crippen LogP contribution in [0, 0.1) is 0 Å². The number of carbonyl (C=O) groups excluding carboxylic acids is 1. The molecule has 0 aliphatic carbocycles. The van der Waals surface area contributed by atoms with Gasteiger partial charge in [-0.15, -0.1) is 0 Å². The summed E-state index contributed by atoms with van der Waals surface area (Å²) < 4.78 is 5.19. The molecule has 1 aromatic rings. The zero-order valence-electron chi connectivity index (χ0n) is 17.8. The first kappa shape index (κ1) is 24.7. The molecule has 0 aliphatic heterocycles. The van der Waals surface area contributed by atoms with Crippen LogP contribution in [0.1, 0.15) is 94.3 Å². The predicted octanol–water partition coefficient (Wildman–Crippen LogP) is 7.10. The number of unbranched alkanes of at least 4 members (excludes halogenated alkanes) is 9. The van der Waals surface area contributed by atoms with Gasteiger partial charge < -0.3 is 9.84 Å². The molecule has 0 unspecified atom stereocenters. The van der Waals surface area contributed by atoms with Crippen molar-refractivity contribution in [2.75, 3.05) is 0 Å². The Balaban J connectivity index is 2.02. The quantitative estimate of drug-likeness (QED) is 0.139. The lowest BCUT2D eigenvalue weighted by molar-refractivity contribution is -0.134. The normalized spacial score (nSPS) is 11.3. The highest BCUT2D eigenvalue weighted by atomic mass is 16.5. The molecule has 1 N–H and O–H groups in total. The number of carboxylic acid groups (broad SMARTS) is 1. The van der Waals surface area contributed by atoms with Crippen LogP contribution < -0.4 is 4.74 Å². The second kappa shape index (κ2) is 16.6. The van der Waals surface area contributed by atoms with Crippen LogP contribution in [0.25, 0.3) is 0 Å². The van der Waals surface area contributed by atoms with Crippen LogP contribution in [-0.2, 0) is 4.79 Å². The van der Waals surface area contributed by atoms with Crippen molar-refractivity contribution in [1.29, 1.82) is 0 Å². The number of aromatic carboxylic acids is 1. The van der Waals surface area contributed by atoms with Gasteiger partial charge in [-0.3, -0.25) is 4.79 Å². The summed E-state index contributed by atoms with van der Waals surface area (Å²) in [5, 5.41) is 9.10. The third-order valence-corrected chi connectivity index (χ3v) is 4.70. The molecule has 1 aromatic carbocycles. The van der Waals surface area contributed by atoms with Crippen molar-refractivity contribution in [3.63, 3.8) is 0 Å². The number of allylic oxidation sites excluding steroid dienone is 4. The van der Waals surface area contributed by atoms with Crippen molar-refractivity contribution in [2.24, 2.45) is 0 Å². The van der Waals surface area contributed by atoms with Gasteiger partial charge in [0.05, 0.1) is 0 Å². The Morgan fingerprint density at radius 2 is 1.45 bits per heavy atom. The molecule has 0 radical (unpaired) electrons. The van der Waals surface area contributed by atoms with Crippen LogP contribution in [0.5, 0.6) is 5.75 Å². The lowest BCUT2D eigenvalue weighted by Gasteiger charge is -2.07. The molecule has 0 amide bonds. The van der Waals surface area contributed by atoms with Crippen molar-refractivity contribution in [2.45, 2.75) is 84.0 Å². The van der Waals surface area contributed by atoms with E-state index < -0.39 is 5.97 Å². The van der Waals surface area contributed by atoms with Crippen molar-refractivity contribution in [1.82, 2.24) is 0 Å².